The van der Waals surface area contributed by atoms with Crippen molar-refractivity contribution in [1.29, 1.82) is 0 Å². The molecule has 1 aromatic carbocycles. The van der Waals surface area contributed by atoms with Crippen LogP contribution >= 0.6 is 0 Å². The van der Waals surface area contributed by atoms with Gasteiger partial charge in [-0.05, 0) is 36.8 Å². The molecule has 0 spiro atoms. The molecular formula is C15H20O. The lowest BCUT2D eigenvalue weighted by molar-refractivity contribution is -0.120. The molecule has 0 aliphatic heterocycles. The highest BCUT2D eigenvalue weighted by molar-refractivity contribution is 5.86. The molecule has 1 unspecified atom stereocenters. The van der Waals surface area contributed by atoms with Crippen molar-refractivity contribution in [2.75, 3.05) is 0 Å². The van der Waals surface area contributed by atoms with Crippen molar-refractivity contribution in [1.82, 2.24) is 0 Å². The number of rotatable bonds is 4. The molecule has 0 saturated heterocycles. The SMILES string of the molecule is CCCCC(=O)C1CCCc2ccccc21. The number of carbonyl (C=O) groups is 1. The molecule has 1 aliphatic carbocycles. The van der Waals surface area contributed by atoms with Crippen LogP contribution in [0.2, 0.25) is 0 Å². The maximum Gasteiger partial charge on any atom is 0.140 e. The van der Waals surface area contributed by atoms with Crippen LogP contribution in [-0.4, -0.2) is 5.78 Å². The molecule has 1 atom stereocenters. The third kappa shape index (κ3) is 2.34. The van der Waals surface area contributed by atoms with E-state index < -0.39 is 0 Å². The van der Waals surface area contributed by atoms with E-state index >= 15 is 0 Å². The summed E-state index contributed by atoms with van der Waals surface area (Å²) >= 11 is 0. The van der Waals surface area contributed by atoms with Gasteiger partial charge in [-0.1, -0.05) is 37.6 Å². The van der Waals surface area contributed by atoms with Gasteiger partial charge in [0.05, 0.1) is 0 Å². The smallest absolute Gasteiger partial charge is 0.140 e. The monoisotopic (exact) mass is 216 g/mol. The fraction of sp³-hybridized carbons (Fsp3) is 0.533. The predicted octanol–water partition coefficient (Wildman–Crippen LogP) is 3.87. The van der Waals surface area contributed by atoms with Gasteiger partial charge in [-0.3, -0.25) is 4.79 Å². The van der Waals surface area contributed by atoms with Gasteiger partial charge in [0.2, 0.25) is 0 Å². The van der Waals surface area contributed by atoms with Crippen LogP contribution in [0.25, 0.3) is 0 Å². The second-order valence-electron chi connectivity index (χ2n) is 4.71. The predicted molar refractivity (Wildman–Crippen MR) is 66.7 cm³/mol. The highest BCUT2D eigenvalue weighted by Gasteiger charge is 2.25. The van der Waals surface area contributed by atoms with E-state index in [0.29, 0.717) is 5.78 Å². The van der Waals surface area contributed by atoms with E-state index in [1.165, 1.54) is 17.5 Å². The topological polar surface area (TPSA) is 17.1 Å². The highest BCUT2D eigenvalue weighted by Crippen LogP contribution is 2.33. The number of unbranched alkanes of at least 4 members (excludes halogenated alkanes) is 1. The second kappa shape index (κ2) is 5.29. The number of benzene rings is 1. The average molecular weight is 216 g/mol. The van der Waals surface area contributed by atoms with Gasteiger partial charge in [0.1, 0.15) is 5.78 Å². The largest absolute Gasteiger partial charge is 0.299 e. The van der Waals surface area contributed by atoms with E-state index in [9.17, 15) is 4.79 Å². The van der Waals surface area contributed by atoms with Crippen molar-refractivity contribution in [2.45, 2.75) is 51.4 Å². The molecule has 0 aromatic heterocycles. The number of Topliss-reactive ketones (excluding diaryl/α,β-unsaturated/α-hetero) is 1. The van der Waals surface area contributed by atoms with Crippen molar-refractivity contribution >= 4 is 5.78 Å². The zero-order chi connectivity index (χ0) is 11.4. The summed E-state index contributed by atoms with van der Waals surface area (Å²) in [4.78, 5) is 12.1. The minimum atomic E-state index is 0.191. The first-order valence-corrected chi connectivity index (χ1v) is 6.43. The molecule has 1 aliphatic rings. The Morgan fingerprint density at radius 2 is 2.19 bits per heavy atom. The normalized spacial score (nSPS) is 19.2. The third-order valence-corrected chi connectivity index (χ3v) is 3.53. The Bertz CT molecular complexity index is 367. The quantitative estimate of drug-likeness (QED) is 0.746. The van der Waals surface area contributed by atoms with Gasteiger partial charge in [-0.2, -0.15) is 0 Å². The maximum absolute atomic E-state index is 12.1. The van der Waals surface area contributed by atoms with Crippen LogP contribution in [0.4, 0.5) is 0 Å². The van der Waals surface area contributed by atoms with Gasteiger partial charge in [0, 0.05) is 12.3 Å². The van der Waals surface area contributed by atoms with E-state index in [4.69, 9.17) is 0 Å². The van der Waals surface area contributed by atoms with Crippen molar-refractivity contribution in [3.8, 4) is 0 Å². The summed E-state index contributed by atoms with van der Waals surface area (Å²) in [5, 5.41) is 0. The number of hydrogen-bond acceptors (Lipinski definition) is 1. The van der Waals surface area contributed by atoms with Crippen LogP contribution in [-0.2, 0) is 11.2 Å². The molecule has 0 radical (unpaired) electrons. The highest BCUT2D eigenvalue weighted by atomic mass is 16.1. The van der Waals surface area contributed by atoms with Gasteiger partial charge in [0.25, 0.3) is 0 Å². The Labute approximate surface area is 97.9 Å². The minimum absolute atomic E-state index is 0.191. The first kappa shape index (κ1) is 11.4. The summed E-state index contributed by atoms with van der Waals surface area (Å²) in [5.74, 6) is 0.644. The summed E-state index contributed by atoms with van der Waals surface area (Å²) in [6, 6.07) is 8.46. The first-order valence-electron chi connectivity index (χ1n) is 6.43. The summed E-state index contributed by atoms with van der Waals surface area (Å²) < 4.78 is 0. The van der Waals surface area contributed by atoms with Crippen LogP contribution in [0, 0.1) is 0 Å². The summed E-state index contributed by atoms with van der Waals surface area (Å²) in [7, 11) is 0. The lowest BCUT2D eigenvalue weighted by atomic mass is 9.79. The number of aryl methyl sites for hydroxylation is 1. The molecule has 16 heavy (non-hydrogen) atoms. The number of ketones is 1. The Morgan fingerprint density at radius 3 is 3.00 bits per heavy atom. The molecule has 0 bridgehead atoms. The van der Waals surface area contributed by atoms with Crippen molar-refractivity contribution in [3.63, 3.8) is 0 Å². The molecule has 0 fully saturated rings. The lowest BCUT2D eigenvalue weighted by Gasteiger charge is -2.24. The first-order chi connectivity index (χ1) is 7.83. The molecule has 0 amide bonds. The number of carbonyl (C=O) groups excluding carboxylic acids is 1. The Balaban J connectivity index is 2.15. The summed E-state index contributed by atoms with van der Waals surface area (Å²) in [6.07, 6.45) is 6.28. The molecule has 1 heteroatoms. The minimum Gasteiger partial charge on any atom is -0.299 e. The van der Waals surface area contributed by atoms with E-state index in [0.717, 1.165) is 32.1 Å². The molecule has 2 rings (SSSR count). The average Bonchev–Trinajstić information content (AvgIpc) is 2.35. The zero-order valence-corrected chi connectivity index (χ0v) is 10.0. The van der Waals surface area contributed by atoms with Crippen molar-refractivity contribution in [3.05, 3.63) is 35.4 Å². The second-order valence-corrected chi connectivity index (χ2v) is 4.71. The number of hydrogen-bond donors (Lipinski definition) is 0. The molecule has 1 aromatic rings. The van der Waals surface area contributed by atoms with Crippen molar-refractivity contribution in [2.24, 2.45) is 0 Å². The van der Waals surface area contributed by atoms with Gasteiger partial charge >= 0.3 is 0 Å². The van der Waals surface area contributed by atoms with Gasteiger partial charge < -0.3 is 0 Å². The summed E-state index contributed by atoms with van der Waals surface area (Å²) in [5.41, 5.74) is 2.69. The molecule has 1 nitrogen and oxygen atoms in total. The van der Waals surface area contributed by atoms with Crippen LogP contribution in [0.15, 0.2) is 24.3 Å². The third-order valence-electron chi connectivity index (χ3n) is 3.53. The molecule has 0 N–H and O–H groups in total. The van der Waals surface area contributed by atoms with Crippen LogP contribution < -0.4 is 0 Å². The van der Waals surface area contributed by atoms with Crippen LogP contribution in [0.1, 0.15) is 56.1 Å². The lowest BCUT2D eigenvalue weighted by Crippen LogP contribution is -2.18. The van der Waals surface area contributed by atoms with Crippen molar-refractivity contribution < 1.29 is 4.79 Å². The summed E-state index contributed by atoms with van der Waals surface area (Å²) in [6.45, 7) is 2.14. The van der Waals surface area contributed by atoms with E-state index in [1.54, 1.807) is 0 Å². The van der Waals surface area contributed by atoms with Gasteiger partial charge in [-0.15, -0.1) is 0 Å². The van der Waals surface area contributed by atoms with E-state index in [1.807, 2.05) is 0 Å². The fourth-order valence-corrected chi connectivity index (χ4v) is 2.61. The van der Waals surface area contributed by atoms with Crippen LogP contribution in [0.5, 0.6) is 0 Å². The number of fused-ring (bicyclic) bond motifs is 1. The Hall–Kier alpha value is -1.11. The molecule has 86 valence electrons. The molecule has 0 heterocycles. The Morgan fingerprint density at radius 1 is 1.38 bits per heavy atom. The zero-order valence-electron chi connectivity index (χ0n) is 10.0. The molecular weight excluding hydrogens is 196 g/mol. The van der Waals surface area contributed by atoms with Gasteiger partial charge in [-0.25, -0.2) is 0 Å². The Kier molecular flexibility index (Phi) is 3.76. The van der Waals surface area contributed by atoms with Gasteiger partial charge in [0.15, 0.2) is 0 Å². The van der Waals surface area contributed by atoms with Crippen LogP contribution in [0.3, 0.4) is 0 Å². The van der Waals surface area contributed by atoms with E-state index in [2.05, 4.69) is 31.2 Å². The fourth-order valence-electron chi connectivity index (χ4n) is 2.61. The van der Waals surface area contributed by atoms with E-state index in [-0.39, 0.29) is 5.92 Å². The standard InChI is InChI=1S/C15H20O/c1-2-3-11-15(16)14-10-6-8-12-7-4-5-9-13(12)14/h4-5,7,9,14H,2-3,6,8,10-11H2,1H3. The maximum atomic E-state index is 12.1. The molecule has 0 saturated carbocycles.